The maximum atomic E-state index is 12.8. The summed E-state index contributed by atoms with van der Waals surface area (Å²) in [7, 11) is 0. The highest BCUT2D eigenvalue weighted by molar-refractivity contribution is 9.07. The number of hydrogen-bond donors (Lipinski definition) is 2. The average molecular weight is 494 g/mol. The van der Waals surface area contributed by atoms with Gasteiger partial charge in [-0.2, -0.15) is 0 Å². The maximum Gasteiger partial charge on any atom is 0.267 e. The molecule has 0 atom stereocenters. The fourth-order valence-electron chi connectivity index (χ4n) is 2.87. The zero-order chi connectivity index (χ0) is 20.2. The van der Waals surface area contributed by atoms with E-state index < -0.39 is 0 Å². The Hall–Kier alpha value is -2.20. The molecule has 0 aliphatic carbocycles. The van der Waals surface area contributed by atoms with Crippen LogP contribution in [0.1, 0.15) is 9.67 Å². The number of pyridine rings is 1. The second-order valence-electron chi connectivity index (χ2n) is 6.41. The van der Waals surface area contributed by atoms with Gasteiger partial charge in [-0.3, -0.25) is 9.78 Å². The Balaban J connectivity index is 1.45. The van der Waals surface area contributed by atoms with Crippen molar-refractivity contribution in [2.45, 2.75) is 0 Å². The molecule has 0 bridgehead atoms. The highest BCUT2D eigenvalue weighted by Gasteiger charge is 2.20. The molecule has 4 rings (SSSR count). The number of halogens is 2. The predicted molar refractivity (Wildman–Crippen MR) is 122 cm³/mol. The summed E-state index contributed by atoms with van der Waals surface area (Å²) < 4.78 is 2.10. The minimum atomic E-state index is -0.196. The Morgan fingerprint density at radius 3 is 2.59 bits per heavy atom. The third kappa shape index (κ3) is 5.05. The van der Waals surface area contributed by atoms with E-state index in [1.54, 1.807) is 36.8 Å². The molecule has 1 aromatic carbocycles. The molecule has 10 heteroatoms. The van der Waals surface area contributed by atoms with Crippen LogP contribution in [0.4, 0.5) is 22.2 Å². The number of nitrogens with zero attached hydrogens (tertiary/aromatic N) is 4. The first-order chi connectivity index (χ1) is 14.1. The van der Waals surface area contributed by atoms with E-state index in [9.17, 15) is 4.79 Å². The highest BCUT2D eigenvalue weighted by atomic mass is 79.9. The zero-order valence-electron chi connectivity index (χ0n) is 15.3. The van der Waals surface area contributed by atoms with Gasteiger partial charge in [0, 0.05) is 59.2 Å². The lowest BCUT2D eigenvalue weighted by Gasteiger charge is -2.30. The first kappa shape index (κ1) is 20.1. The number of rotatable bonds is 5. The standard InChI is InChI=1S/C19H18BrClN6OS/c20-27-9-7-26(8-10-27)19-23-12-17(29-19)18(28)25-15-5-6-22-11-16(15)24-14-3-1-13(21)2-4-14/h1-6,11-12,24H,7-10H2,(H,22,25,28). The Kier molecular flexibility index (Phi) is 6.29. The molecule has 29 heavy (non-hydrogen) atoms. The minimum absolute atomic E-state index is 0.196. The van der Waals surface area contributed by atoms with E-state index in [1.807, 2.05) is 12.1 Å². The quantitative estimate of drug-likeness (QED) is 0.505. The van der Waals surface area contributed by atoms with E-state index in [2.05, 4.69) is 45.6 Å². The molecule has 2 aromatic heterocycles. The highest BCUT2D eigenvalue weighted by Crippen LogP contribution is 2.28. The summed E-state index contributed by atoms with van der Waals surface area (Å²) in [6, 6.07) is 9.08. The second-order valence-corrected chi connectivity index (χ2v) is 8.86. The van der Waals surface area contributed by atoms with E-state index in [-0.39, 0.29) is 5.91 Å². The largest absolute Gasteiger partial charge is 0.353 e. The number of carbonyl (C=O) groups excluding carboxylic acids is 1. The summed E-state index contributed by atoms with van der Waals surface area (Å²) in [6.45, 7) is 3.58. The van der Waals surface area contributed by atoms with Crippen molar-refractivity contribution in [3.05, 3.63) is 58.8 Å². The van der Waals surface area contributed by atoms with Crippen LogP contribution in [0.3, 0.4) is 0 Å². The topological polar surface area (TPSA) is 73.4 Å². The van der Waals surface area contributed by atoms with Gasteiger partial charge in [0.25, 0.3) is 5.91 Å². The van der Waals surface area contributed by atoms with Crippen LogP contribution in [-0.2, 0) is 0 Å². The van der Waals surface area contributed by atoms with Crippen molar-refractivity contribution in [3.8, 4) is 0 Å². The van der Waals surface area contributed by atoms with Gasteiger partial charge >= 0.3 is 0 Å². The summed E-state index contributed by atoms with van der Waals surface area (Å²) >= 11 is 10.8. The number of thiazole rings is 1. The first-order valence-electron chi connectivity index (χ1n) is 8.98. The molecule has 1 saturated heterocycles. The molecule has 1 fully saturated rings. The van der Waals surface area contributed by atoms with Crippen LogP contribution in [0.2, 0.25) is 5.02 Å². The summed E-state index contributed by atoms with van der Waals surface area (Å²) in [5.41, 5.74) is 2.19. The van der Waals surface area contributed by atoms with Crippen molar-refractivity contribution < 1.29 is 4.79 Å². The third-order valence-electron chi connectivity index (χ3n) is 4.41. The summed E-state index contributed by atoms with van der Waals surface area (Å²) in [4.78, 5) is 24.1. The maximum absolute atomic E-state index is 12.8. The Labute approximate surface area is 186 Å². The van der Waals surface area contributed by atoms with E-state index in [0.717, 1.165) is 37.0 Å². The Morgan fingerprint density at radius 1 is 1.07 bits per heavy atom. The van der Waals surface area contributed by atoms with Gasteiger partial charge in [0.15, 0.2) is 5.13 Å². The lowest BCUT2D eigenvalue weighted by molar-refractivity contribution is 0.103. The van der Waals surface area contributed by atoms with Crippen LogP contribution < -0.4 is 15.5 Å². The van der Waals surface area contributed by atoms with Crippen LogP contribution in [0, 0.1) is 0 Å². The molecule has 150 valence electrons. The summed E-state index contributed by atoms with van der Waals surface area (Å²) in [6.07, 6.45) is 4.94. The Morgan fingerprint density at radius 2 is 1.83 bits per heavy atom. The first-order valence-corrected chi connectivity index (χ1v) is 10.9. The van der Waals surface area contributed by atoms with Crippen LogP contribution in [0.25, 0.3) is 0 Å². The van der Waals surface area contributed by atoms with Gasteiger partial charge in [-0.15, -0.1) is 0 Å². The third-order valence-corrected chi connectivity index (χ3v) is 6.42. The minimum Gasteiger partial charge on any atom is -0.353 e. The van der Waals surface area contributed by atoms with Crippen LogP contribution >= 0.6 is 39.1 Å². The van der Waals surface area contributed by atoms with Gasteiger partial charge < -0.3 is 15.5 Å². The molecule has 1 aliphatic heterocycles. The van der Waals surface area contributed by atoms with Crippen molar-refractivity contribution in [2.24, 2.45) is 0 Å². The fourth-order valence-corrected chi connectivity index (χ4v) is 4.17. The molecule has 0 unspecified atom stereocenters. The SMILES string of the molecule is O=C(Nc1ccncc1Nc1ccc(Cl)cc1)c1cnc(N2CCN(Br)CC2)s1. The Bertz CT molecular complexity index is 990. The molecule has 1 aliphatic rings. The molecule has 0 radical (unpaired) electrons. The van der Waals surface area contributed by atoms with Crippen molar-refractivity contribution in [3.63, 3.8) is 0 Å². The van der Waals surface area contributed by atoms with E-state index in [1.165, 1.54) is 11.3 Å². The molecule has 3 aromatic rings. The number of carbonyl (C=O) groups is 1. The predicted octanol–water partition coefficient (Wildman–Crippen LogP) is 4.62. The van der Waals surface area contributed by atoms with Gasteiger partial charge in [0.2, 0.25) is 0 Å². The van der Waals surface area contributed by atoms with Crippen LogP contribution in [0.5, 0.6) is 0 Å². The monoisotopic (exact) mass is 492 g/mol. The molecular formula is C19H18BrClN6OS. The number of hydrogen-bond acceptors (Lipinski definition) is 7. The fraction of sp³-hybridized carbons (Fsp3) is 0.211. The number of nitrogens with one attached hydrogen (secondary N) is 2. The van der Waals surface area contributed by atoms with Gasteiger partial charge in [0.05, 0.1) is 23.8 Å². The van der Waals surface area contributed by atoms with E-state index >= 15 is 0 Å². The van der Waals surface area contributed by atoms with Gasteiger partial charge in [-0.1, -0.05) is 22.9 Å². The van der Waals surface area contributed by atoms with Crippen LogP contribution in [0.15, 0.2) is 48.9 Å². The second kappa shape index (κ2) is 9.08. The van der Waals surface area contributed by atoms with Gasteiger partial charge in [-0.05, 0) is 30.3 Å². The summed E-state index contributed by atoms with van der Waals surface area (Å²) in [5.74, 6) is -0.196. The number of amides is 1. The zero-order valence-corrected chi connectivity index (χ0v) is 18.5. The van der Waals surface area contributed by atoms with Crippen molar-refractivity contribution in [1.29, 1.82) is 0 Å². The van der Waals surface area contributed by atoms with E-state index in [4.69, 9.17) is 11.6 Å². The van der Waals surface area contributed by atoms with Crippen molar-refractivity contribution in [2.75, 3.05) is 41.7 Å². The average Bonchev–Trinajstić information content (AvgIpc) is 3.22. The molecule has 1 amide bonds. The molecule has 0 spiro atoms. The number of aromatic nitrogens is 2. The lowest BCUT2D eigenvalue weighted by Crippen LogP contribution is -2.42. The molecule has 3 heterocycles. The van der Waals surface area contributed by atoms with Crippen LogP contribution in [-0.4, -0.2) is 46.0 Å². The molecular weight excluding hydrogens is 476 g/mol. The van der Waals surface area contributed by atoms with E-state index in [0.29, 0.717) is 21.3 Å². The number of piperazine rings is 1. The van der Waals surface area contributed by atoms with Gasteiger partial charge in [0.1, 0.15) is 4.88 Å². The van der Waals surface area contributed by atoms with Crippen molar-refractivity contribution >= 4 is 67.2 Å². The number of anilines is 4. The summed E-state index contributed by atoms with van der Waals surface area (Å²) in [5, 5.41) is 7.73. The normalized spacial score (nSPS) is 14.6. The van der Waals surface area contributed by atoms with Gasteiger partial charge in [-0.25, -0.2) is 8.91 Å². The van der Waals surface area contributed by atoms with Crippen molar-refractivity contribution in [1.82, 2.24) is 13.9 Å². The number of benzene rings is 1. The molecule has 2 N–H and O–H groups in total. The molecule has 0 saturated carbocycles. The smallest absolute Gasteiger partial charge is 0.267 e. The lowest BCUT2D eigenvalue weighted by atomic mass is 10.3. The molecule has 7 nitrogen and oxygen atoms in total.